The summed E-state index contributed by atoms with van der Waals surface area (Å²) in [5, 5.41) is 3.59. The first kappa shape index (κ1) is 20.3. The number of aromatic nitrogens is 2. The molecule has 1 fully saturated rings. The number of alkyl carbamates (subject to hydrolysis) is 1. The van der Waals surface area contributed by atoms with E-state index in [2.05, 4.69) is 15.2 Å². The fourth-order valence-corrected chi connectivity index (χ4v) is 3.63. The monoisotopic (exact) mass is 386 g/mol. The van der Waals surface area contributed by atoms with Gasteiger partial charge in [0, 0.05) is 19.6 Å². The van der Waals surface area contributed by atoms with Gasteiger partial charge in [-0.15, -0.1) is 0 Å². The molecule has 1 aromatic heterocycles. The number of nitrogens with zero attached hydrogens (tertiary/aromatic N) is 3. The maximum absolute atomic E-state index is 12.6. The summed E-state index contributed by atoms with van der Waals surface area (Å²) in [6.07, 6.45) is 0.607. The van der Waals surface area contributed by atoms with Gasteiger partial charge in [0.15, 0.2) is 0 Å². The van der Waals surface area contributed by atoms with Crippen LogP contribution in [0.5, 0.6) is 0 Å². The van der Waals surface area contributed by atoms with Crippen LogP contribution in [0.2, 0.25) is 0 Å². The third kappa shape index (κ3) is 4.70. The highest BCUT2D eigenvalue weighted by atomic mass is 16.6. The third-order valence-electron chi connectivity index (χ3n) is 5.20. The molecule has 0 bridgehead atoms. The molecule has 0 spiro atoms. The summed E-state index contributed by atoms with van der Waals surface area (Å²) in [5.41, 5.74) is 0.213. The van der Waals surface area contributed by atoms with Crippen LogP contribution in [0.4, 0.5) is 4.79 Å². The Labute approximate surface area is 165 Å². The highest BCUT2D eigenvalue weighted by molar-refractivity contribution is 5.77. The topological polar surface area (TPSA) is 76.5 Å². The van der Waals surface area contributed by atoms with Crippen molar-refractivity contribution in [2.45, 2.75) is 52.3 Å². The molecule has 28 heavy (non-hydrogen) atoms. The molecule has 1 aliphatic heterocycles. The van der Waals surface area contributed by atoms with Gasteiger partial charge in [-0.3, -0.25) is 14.3 Å². The first-order chi connectivity index (χ1) is 13.1. The maximum Gasteiger partial charge on any atom is 0.407 e. The van der Waals surface area contributed by atoms with Gasteiger partial charge >= 0.3 is 6.09 Å². The van der Waals surface area contributed by atoms with Gasteiger partial charge < -0.3 is 10.1 Å². The average molecular weight is 386 g/mol. The number of benzene rings is 1. The van der Waals surface area contributed by atoms with Gasteiger partial charge in [0.2, 0.25) is 0 Å². The van der Waals surface area contributed by atoms with Crippen LogP contribution in [0.15, 0.2) is 29.1 Å². The van der Waals surface area contributed by atoms with E-state index in [4.69, 9.17) is 4.74 Å². The number of carbonyl (C=O) groups is 1. The number of hydrogen-bond donors (Lipinski definition) is 1. The molecule has 2 aromatic rings. The second-order valence-electron chi connectivity index (χ2n) is 8.63. The van der Waals surface area contributed by atoms with Crippen molar-refractivity contribution in [2.75, 3.05) is 13.1 Å². The number of carbonyl (C=O) groups excluding carboxylic acids is 1. The van der Waals surface area contributed by atoms with E-state index in [1.54, 1.807) is 11.6 Å². The van der Waals surface area contributed by atoms with Gasteiger partial charge in [0.05, 0.1) is 17.4 Å². The van der Waals surface area contributed by atoms with Crippen molar-refractivity contribution < 1.29 is 9.53 Å². The van der Waals surface area contributed by atoms with Crippen LogP contribution in [-0.4, -0.2) is 45.3 Å². The lowest BCUT2D eigenvalue weighted by Crippen LogP contribution is -2.42. The van der Waals surface area contributed by atoms with Crippen molar-refractivity contribution in [3.05, 3.63) is 40.4 Å². The van der Waals surface area contributed by atoms with E-state index in [0.29, 0.717) is 17.8 Å². The van der Waals surface area contributed by atoms with Crippen molar-refractivity contribution in [1.29, 1.82) is 0 Å². The van der Waals surface area contributed by atoms with E-state index in [-0.39, 0.29) is 17.7 Å². The molecule has 0 saturated carbocycles. The van der Waals surface area contributed by atoms with Crippen LogP contribution in [-0.2, 0) is 18.3 Å². The summed E-state index contributed by atoms with van der Waals surface area (Å²) in [7, 11) is 1.78. The lowest BCUT2D eigenvalue weighted by molar-refractivity contribution is 0.0492. The van der Waals surface area contributed by atoms with Crippen LogP contribution in [0, 0.1) is 5.92 Å². The molecular weight excluding hydrogens is 356 g/mol. The fraction of sp³-hybridized carbons (Fsp3) is 0.571. The quantitative estimate of drug-likeness (QED) is 0.874. The van der Waals surface area contributed by atoms with Crippen molar-refractivity contribution in [3.8, 4) is 0 Å². The van der Waals surface area contributed by atoms with Gasteiger partial charge in [-0.1, -0.05) is 12.1 Å². The largest absolute Gasteiger partial charge is 0.444 e. The Morgan fingerprint density at radius 2 is 2.07 bits per heavy atom. The minimum Gasteiger partial charge on any atom is -0.444 e. The van der Waals surface area contributed by atoms with Crippen LogP contribution in [0.1, 0.15) is 39.9 Å². The van der Waals surface area contributed by atoms with Crippen molar-refractivity contribution in [1.82, 2.24) is 19.8 Å². The van der Waals surface area contributed by atoms with Crippen LogP contribution in [0.3, 0.4) is 0 Å². The summed E-state index contributed by atoms with van der Waals surface area (Å²) in [5.74, 6) is 1.10. The molecule has 2 atom stereocenters. The first-order valence-electron chi connectivity index (χ1n) is 9.80. The molecule has 1 amide bonds. The second kappa shape index (κ2) is 7.91. The lowest BCUT2D eigenvalue weighted by atomic mass is 10.0. The predicted octanol–water partition coefficient (Wildman–Crippen LogP) is 2.67. The summed E-state index contributed by atoms with van der Waals surface area (Å²) in [4.78, 5) is 31.6. The molecule has 1 aliphatic rings. The lowest BCUT2D eigenvalue weighted by Gasteiger charge is -2.25. The van der Waals surface area contributed by atoms with E-state index in [1.807, 2.05) is 52.0 Å². The van der Waals surface area contributed by atoms with Crippen molar-refractivity contribution in [3.63, 3.8) is 0 Å². The number of para-hydroxylation sites is 1. The summed E-state index contributed by atoms with van der Waals surface area (Å²) in [6.45, 7) is 9.96. The molecule has 3 rings (SSSR count). The van der Waals surface area contributed by atoms with E-state index in [1.165, 1.54) is 0 Å². The second-order valence-corrected chi connectivity index (χ2v) is 8.63. The molecule has 152 valence electrons. The zero-order valence-corrected chi connectivity index (χ0v) is 17.4. The Bertz CT molecular complexity index is 916. The molecule has 1 aromatic carbocycles. The van der Waals surface area contributed by atoms with Crippen LogP contribution < -0.4 is 10.9 Å². The molecule has 2 heterocycles. The number of likely N-dealkylation sites (tertiary alicyclic amines) is 1. The van der Waals surface area contributed by atoms with Crippen molar-refractivity contribution in [2.24, 2.45) is 13.0 Å². The van der Waals surface area contributed by atoms with Gasteiger partial charge in [-0.25, -0.2) is 9.78 Å². The standard InChI is InChI=1S/C21H30N4O3/c1-14(22-20(27)28-21(2,3)4)15-10-11-25(12-15)13-18-23-17-9-7-6-8-16(17)19(26)24(18)5/h6-9,14-15H,10-13H2,1-5H3,(H,22,27)/t14-,15+/m0/s1. The zero-order chi connectivity index (χ0) is 20.5. The Morgan fingerprint density at radius 1 is 1.36 bits per heavy atom. The number of ether oxygens (including phenoxy) is 1. The summed E-state index contributed by atoms with van der Waals surface area (Å²) >= 11 is 0. The SMILES string of the molecule is C[C@H](NC(=O)OC(C)(C)C)[C@@H]1CCN(Cc2nc3ccccc3c(=O)n2C)C1. The number of rotatable bonds is 4. The van der Waals surface area contributed by atoms with E-state index in [0.717, 1.165) is 30.9 Å². The fourth-order valence-electron chi connectivity index (χ4n) is 3.63. The van der Waals surface area contributed by atoms with E-state index < -0.39 is 5.60 Å². The Hall–Kier alpha value is -2.41. The minimum atomic E-state index is -0.502. The predicted molar refractivity (Wildman–Crippen MR) is 109 cm³/mol. The van der Waals surface area contributed by atoms with Gasteiger partial charge in [0.1, 0.15) is 11.4 Å². The number of nitrogens with one attached hydrogen (secondary N) is 1. The van der Waals surface area contributed by atoms with Crippen LogP contribution >= 0.6 is 0 Å². The maximum atomic E-state index is 12.6. The molecule has 7 nitrogen and oxygen atoms in total. The molecule has 0 radical (unpaired) electrons. The van der Waals surface area contributed by atoms with E-state index in [9.17, 15) is 9.59 Å². The zero-order valence-electron chi connectivity index (χ0n) is 17.4. The van der Waals surface area contributed by atoms with Crippen LogP contribution in [0.25, 0.3) is 10.9 Å². The molecule has 7 heteroatoms. The normalized spacial score (nSPS) is 19.0. The van der Waals surface area contributed by atoms with E-state index >= 15 is 0 Å². The first-order valence-corrected chi connectivity index (χ1v) is 9.80. The van der Waals surface area contributed by atoms with Gasteiger partial charge in [-0.05, 0) is 58.7 Å². The highest BCUT2D eigenvalue weighted by Crippen LogP contribution is 2.22. The Kier molecular flexibility index (Phi) is 5.74. The van der Waals surface area contributed by atoms with Crippen molar-refractivity contribution >= 4 is 17.0 Å². The molecule has 1 N–H and O–H groups in total. The molecule has 0 aliphatic carbocycles. The Balaban J connectivity index is 1.63. The average Bonchev–Trinajstić information content (AvgIpc) is 3.06. The third-order valence-corrected chi connectivity index (χ3v) is 5.20. The summed E-state index contributed by atoms with van der Waals surface area (Å²) in [6, 6.07) is 7.46. The van der Waals surface area contributed by atoms with Gasteiger partial charge in [0.25, 0.3) is 5.56 Å². The molecule has 0 unspecified atom stereocenters. The number of hydrogen-bond acceptors (Lipinski definition) is 5. The minimum absolute atomic E-state index is 0.0173. The Morgan fingerprint density at radius 3 is 2.79 bits per heavy atom. The number of amides is 1. The highest BCUT2D eigenvalue weighted by Gasteiger charge is 2.29. The van der Waals surface area contributed by atoms with Gasteiger partial charge in [-0.2, -0.15) is 0 Å². The summed E-state index contributed by atoms with van der Waals surface area (Å²) < 4.78 is 6.99. The molecule has 1 saturated heterocycles. The molecular formula is C21H30N4O3. The number of fused-ring (bicyclic) bond motifs is 1. The smallest absolute Gasteiger partial charge is 0.407 e.